The Morgan fingerprint density at radius 3 is 2.44 bits per heavy atom. The molecule has 2 aromatic carbocycles. The van der Waals surface area contributed by atoms with Crippen molar-refractivity contribution in [1.82, 2.24) is 14.8 Å². The van der Waals surface area contributed by atoms with E-state index in [1.54, 1.807) is 4.90 Å². The number of hydrogen-bond acceptors (Lipinski definition) is 4. The molecule has 32 heavy (non-hydrogen) atoms. The quantitative estimate of drug-likeness (QED) is 0.556. The van der Waals surface area contributed by atoms with Crippen LogP contribution in [0.5, 0.6) is 0 Å². The van der Waals surface area contributed by atoms with Gasteiger partial charge in [0.2, 0.25) is 5.91 Å². The van der Waals surface area contributed by atoms with Gasteiger partial charge in [-0.05, 0) is 36.6 Å². The van der Waals surface area contributed by atoms with Gasteiger partial charge in [-0.2, -0.15) is 0 Å². The number of carbonyl (C=O) groups excluding carboxylic acids is 2. The highest BCUT2D eigenvalue weighted by Gasteiger charge is 2.27. The summed E-state index contributed by atoms with van der Waals surface area (Å²) in [7, 11) is 0. The molecule has 7 heteroatoms. The van der Waals surface area contributed by atoms with Crippen LogP contribution in [-0.4, -0.2) is 70.5 Å². The summed E-state index contributed by atoms with van der Waals surface area (Å²) < 4.78 is 0. The molecule has 2 amide bonds. The molecule has 1 unspecified atom stereocenters. The Morgan fingerprint density at radius 1 is 1.03 bits per heavy atom. The average Bonchev–Trinajstić information content (AvgIpc) is 3.19. The van der Waals surface area contributed by atoms with Gasteiger partial charge in [0.25, 0.3) is 5.91 Å². The molecule has 0 spiro atoms. The van der Waals surface area contributed by atoms with Gasteiger partial charge in [-0.1, -0.05) is 36.4 Å². The number of carbonyl (C=O) groups is 2. The average molecular weight is 435 g/mol. The third kappa shape index (κ3) is 4.84. The minimum Gasteiger partial charge on any atom is -0.383 e. The smallest absolute Gasteiger partial charge is 0.251 e. The highest BCUT2D eigenvalue weighted by atomic mass is 16.3. The zero-order chi connectivity index (χ0) is 22.7. The number of aromatic amines is 1. The zero-order valence-electron chi connectivity index (χ0n) is 18.6. The topological polar surface area (TPSA) is 88.7 Å². The Labute approximate surface area is 188 Å². The molecule has 0 aliphatic carbocycles. The fraction of sp³-hybridized carbons (Fsp3) is 0.360. The number of aliphatic hydroxyl groups excluding tert-OH is 1. The van der Waals surface area contributed by atoms with Gasteiger partial charge in [-0.3, -0.25) is 14.5 Å². The van der Waals surface area contributed by atoms with Gasteiger partial charge in [0, 0.05) is 55.4 Å². The van der Waals surface area contributed by atoms with Gasteiger partial charge in [0.1, 0.15) is 6.10 Å². The molecule has 168 valence electrons. The van der Waals surface area contributed by atoms with E-state index in [2.05, 4.69) is 10.3 Å². The molecule has 2 heterocycles. The van der Waals surface area contributed by atoms with Crippen molar-refractivity contribution in [2.45, 2.75) is 26.4 Å². The van der Waals surface area contributed by atoms with E-state index in [0.717, 1.165) is 33.3 Å². The van der Waals surface area contributed by atoms with E-state index in [0.29, 0.717) is 26.2 Å². The molecule has 1 fully saturated rings. The van der Waals surface area contributed by atoms with Crippen molar-refractivity contribution in [3.63, 3.8) is 0 Å². The summed E-state index contributed by atoms with van der Waals surface area (Å²) in [5.41, 5.74) is 4.88. The Bertz CT molecular complexity index is 1100. The van der Waals surface area contributed by atoms with Crippen LogP contribution in [0, 0.1) is 13.8 Å². The lowest BCUT2D eigenvalue weighted by molar-refractivity contribution is -0.142. The molecule has 1 aromatic heterocycles. The maximum atomic E-state index is 12.8. The molecule has 4 rings (SSSR count). The molecule has 0 radical (unpaired) electrons. The van der Waals surface area contributed by atoms with E-state index in [1.165, 1.54) is 0 Å². The maximum Gasteiger partial charge on any atom is 0.251 e. The maximum absolute atomic E-state index is 12.8. The lowest BCUT2D eigenvalue weighted by atomic mass is 10.1. The number of aliphatic hydroxyl groups is 1. The van der Waals surface area contributed by atoms with Crippen molar-refractivity contribution in [2.24, 2.45) is 0 Å². The van der Waals surface area contributed by atoms with Gasteiger partial charge in [0.05, 0.1) is 6.54 Å². The Hall–Kier alpha value is -3.16. The fourth-order valence-corrected chi connectivity index (χ4v) is 4.33. The molecule has 0 saturated carbocycles. The van der Waals surface area contributed by atoms with Gasteiger partial charge < -0.3 is 20.3 Å². The lowest BCUT2D eigenvalue weighted by Gasteiger charge is -2.35. The van der Waals surface area contributed by atoms with Gasteiger partial charge >= 0.3 is 0 Å². The number of benzene rings is 2. The van der Waals surface area contributed by atoms with Crippen molar-refractivity contribution in [3.8, 4) is 0 Å². The largest absolute Gasteiger partial charge is 0.383 e. The fourth-order valence-electron chi connectivity index (χ4n) is 4.33. The third-order valence-electron chi connectivity index (χ3n) is 6.17. The Balaban J connectivity index is 1.27. The van der Waals surface area contributed by atoms with Crippen LogP contribution in [-0.2, 0) is 16.0 Å². The summed E-state index contributed by atoms with van der Waals surface area (Å²) in [5.74, 6) is -0.309. The zero-order valence-corrected chi connectivity index (χ0v) is 18.6. The summed E-state index contributed by atoms with van der Waals surface area (Å²) >= 11 is 0. The highest BCUT2D eigenvalue weighted by molar-refractivity contribution is 5.93. The molecule has 7 nitrogen and oxygen atoms in total. The highest BCUT2D eigenvalue weighted by Crippen LogP contribution is 2.21. The molecular weight excluding hydrogens is 404 g/mol. The number of anilines is 1. The van der Waals surface area contributed by atoms with Crippen molar-refractivity contribution < 1.29 is 14.7 Å². The van der Waals surface area contributed by atoms with E-state index in [9.17, 15) is 14.7 Å². The van der Waals surface area contributed by atoms with Crippen molar-refractivity contribution >= 4 is 28.4 Å². The first kappa shape index (κ1) is 22.0. The number of amides is 2. The SMILES string of the molecule is Cc1cccc(C)c1NC(=O)CN1CCN(C(=O)C(O)Cc2c[nH]c3ccccc23)CC1. The number of hydrogen-bond donors (Lipinski definition) is 3. The van der Waals surface area contributed by atoms with E-state index in [1.807, 2.05) is 67.4 Å². The Kier molecular flexibility index (Phi) is 6.58. The number of piperazine rings is 1. The first-order valence-corrected chi connectivity index (χ1v) is 11.0. The number of fused-ring (bicyclic) bond motifs is 1. The third-order valence-corrected chi connectivity index (χ3v) is 6.17. The Morgan fingerprint density at radius 2 is 1.72 bits per heavy atom. The van der Waals surface area contributed by atoms with E-state index in [-0.39, 0.29) is 24.8 Å². The van der Waals surface area contributed by atoms with E-state index < -0.39 is 6.10 Å². The predicted octanol–water partition coefficient (Wildman–Crippen LogP) is 2.47. The van der Waals surface area contributed by atoms with Crippen LogP contribution in [0.15, 0.2) is 48.7 Å². The molecule has 3 aromatic rings. The molecule has 0 bridgehead atoms. The second kappa shape index (κ2) is 9.54. The van der Waals surface area contributed by atoms with Crippen molar-refractivity contribution in [1.29, 1.82) is 0 Å². The van der Waals surface area contributed by atoms with Crippen LogP contribution in [0.4, 0.5) is 5.69 Å². The number of aryl methyl sites for hydroxylation is 2. The summed E-state index contributed by atoms with van der Waals surface area (Å²) in [4.78, 5) is 32.2. The molecular formula is C25H30N4O3. The number of para-hydroxylation sites is 2. The van der Waals surface area contributed by atoms with Crippen LogP contribution in [0.2, 0.25) is 0 Å². The monoisotopic (exact) mass is 434 g/mol. The second-order valence-corrected chi connectivity index (χ2v) is 8.50. The molecule has 1 aliphatic heterocycles. The summed E-state index contributed by atoms with van der Waals surface area (Å²) in [6.07, 6.45) is 1.06. The molecule has 1 saturated heterocycles. The molecule has 1 aliphatic rings. The van der Waals surface area contributed by atoms with Crippen LogP contribution in [0.3, 0.4) is 0 Å². The summed E-state index contributed by atoms with van der Waals surface area (Å²) in [6.45, 7) is 6.45. The van der Waals surface area contributed by atoms with Gasteiger partial charge in [0.15, 0.2) is 0 Å². The van der Waals surface area contributed by atoms with Crippen LogP contribution in [0.25, 0.3) is 10.9 Å². The first-order chi connectivity index (χ1) is 15.4. The molecule has 1 atom stereocenters. The van der Waals surface area contributed by atoms with Crippen molar-refractivity contribution in [3.05, 3.63) is 65.4 Å². The normalized spacial score (nSPS) is 15.7. The van der Waals surface area contributed by atoms with Crippen molar-refractivity contribution in [2.75, 3.05) is 38.0 Å². The lowest BCUT2D eigenvalue weighted by Crippen LogP contribution is -2.53. The summed E-state index contributed by atoms with van der Waals surface area (Å²) in [6, 6.07) is 13.8. The standard InChI is InChI=1S/C25H30N4O3/c1-17-6-5-7-18(2)24(17)27-23(31)16-28-10-12-29(13-11-28)25(32)22(30)14-19-15-26-21-9-4-3-8-20(19)21/h3-9,15,22,26,30H,10-14,16H2,1-2H3,(H,27,31). The first-order valence-electron chi connectivity index (χ1n) is 11.0. The molecule has 3 N–H and O–H groups in total. The predicted molar refractivity (Wildman–Crippen MR) is 126 cm³/mol. The van der Waals surface area contributed by atoms with E-state index >= 15 is 0 Å². The minimum absolute atomic E-state index is 0.0541. The number of H-pyrrole nitrogens is 1. The summed E-state index contributed by atoms with van der Waals surface area (Å²) in [5, 5.41) is 14.6. The van der Waals surface area contributed by atoms with Crippen LogP contribution < -0.4 is 5.32 Å². The van der Waals surface area contributed by atoms with Crippen LogP contribution >= 0.6 is 0 Å². The van der Waals surface area contributed by atoms with Gasteiger partial charge in [-0.15, -0.1) is 0 Å². The number of aromatic nitrogens is 1. The number of nitrogens with one attached hydrogen (secondary N) is 2. The number of nitrogens with zero attached hydrogens (tertiary/aromatic N) is 2. The van der Waals surface area contributed by atoms with Gasteiger partial charge in [-0.25, -0.2) is 0 Å². The second-order valence-electron chi connectivity index (χ2n) is 8.50. The van der Waals surface area contributed by atoms with E-state index in [4.69, 9.17) is 0 Å². The minimum atomic E-state index is -1.08. The van der Waals surface area contributed by atoms with Crippen LogP contribution in [0.1, 0.15) is 16.7 Å². The number of rotatable bonds is 6.